The van der Waals surface area contributed by atoms with Gasteiger partial charge >= 0.3 is 13.7 Å². The van der Waals surface area contributed by atoms with Crippen molar-refractivity contribution in [2.45, 2.75) is 65.3 Å². The van der Waals surface area contributed by atoms with Crippen molar-refractivity contribution in [2.75, 3.05) is 37.9 Å². The summed E-state index contributed by atoms with van der Waals surface area (Å²) in [6, 6.07) is 9.07. The molecule has 5 unspecified atom stereocenters. The quantitative estimate of drug-likeness (QED) is 0.111. The highest BCUT2D eigenvalue weighted by molar-refractivity contribution is 8.13. The second-order valence-corrected chi connectivity index (χ2v) is 14.4. The molecule has 0 amide bonds. The molecule has 0 saturated carbocycles. The van der Waals surface area contributed by atoms with Crippen molar-refractivity contribution in [2.24, 2.45) is 5.41 Å². The van der Waals surface area contributed by atoms with Crippen LogP contribution in [0.4, 0.5) is 10.3 Å². The van der Waals surface area contributed by atoms with E-state index in [4.69, 9.17) is 29.0 Å². The van der Waals surface area contributed by atoms with E-state index in [1.165, 1.54) is 17.8 Å². The number of nitrogens with two attached hydrogens (primary N) is 1. The molecule has 18 heteroatoms. The molecule has 1 fully saturated rings. The highest BCUT2D eigenvalue weighted by Gasteiger charge is 2.56. The SMILES string of the molecule is CCOc1nc(N)nc2c1ncn2C1OC(COP(=O)(NCc2ccccc2)OCCSC(=O)C(C)(C)COC(C)=O)C(O)C1(C)F. The number of nitrogens with one attached hydrogen (secondary N) is 1. The van der Waals surface area contributed by atoms with Crippen LogP contribution in [0.1, 0.15) is 46.4 Å². The number of halogens is 1. The maximum absolute atomic E-state index is 16.1. The van der Waals surface area contributed by atoms with E-state index in [2.05, 4.69) is 20.0 Å². The van der Waals surface area contributed by atoms with Gasteiger partial charge in [0.2, 0.25) is 11.8 Å². The normalized spacial score (nSPS) is 22.7. The first-order valence-electron chi connectivity index (χ1n) is 14.8. The molecule has 1 saturated heterocycles. The number of aliphatic hydroxyl groups is 1. The number of hydrogen-bond acceptors (Lipinski definition) is 14. The van der Waals surface area contributed by atoms with Gasteiger partial charge in [-0.05, 0) is 33.3 Å². The third kappa shape index (κ3) is 9.04. The lowest BCUT2D eigenvalue weighted by atomic mass is 9.97. The van der Waals surface area contributed by atoms with Crippen molar-refractivity contribution in [3.63, 3.8) is 0 Å². The average molecular weight is 699 g/mol. The number of carbonyl (C=O) groups excluding carboxylic acids is 2. The number of anilines is 1. The Bertz CT molecular complexity index is 1590. The molecular formula is C29H40FN6O9PS. The molecule has 5 atom stereocenters. The molecule has 1 aromatic carbocycles. The predicted molar refractivity (Wildman–Crippen MR) is 171 cm³/mol. The highest BCUT2D eigenvalue weighted by atomic mass is 32.2. The first kappa shape index (κ1) is 36.7. The van der Waals surface area contributed by atoms with Crippen LogP contribution in [0.5, 0.6) is 5.88 Å². The smallest absolute Gasteiger partial charge is 0.405 e. The summed E-state index contributed by atoms with van der Waals surface area (Å²) in [5.74, 6) is -0.399. The number of aliphatic hydroxyl groups excluding tert-OH is 1. The Kier molecular flexibility index (Phi) is 12.0. The number of hydrogen-bond donors (Lipinski definition) is 3. The number of nitrogens with zero attached hydrogens (tertiary/aromatic N) is 4. The molecule has 15 nitrogen and oxygen atoms in total. The Morgan fingerprint density at radius 3 is 2.66 bits per heavy atom. The number of ether oxygens (including phenoxy) is 3. The van der Waals surface area contributed by atoms with Crippen LogP contribution in [0.25, 0.3) is 11.2 Å². The van der Waals surface area contributed by atoms with Gasteiger partial charge < -0.3 is 25.1 Å². The average Bonchev–Trinajstić information content (AvgIpc) is 3.54. The van der Waals surface area contributed by atoms with Crippen molar-refractivity contribution >= 4 is 47.7 Å². The van der Waals surface area contributed by atoms with Crippen molar-refractivity contribution in [3.05, 3.63) is 42.2 Å². The Hall–Kier alpha value is -3.18. The van der Waals surface area contributed by atoms with E-state index in [1.807, 2.05) is 30.3 Å². The summed E-state index contributed by atoms with van der Waals surface area (Å²) in [7, 11) is -4.10. The van der Waals surface area contributed by atoms with Gasteiger partial charge in [-0.25, -0.2) is 19.0 Å². The minimum atomic E-state index is -4.10. The lowest BCUT2D eigenvalue weighted by molar-refractivity contribution is -0.145. The monoisotopic (exact) mass is 698 g/mol. The summed E-state index contributed by atoms with van der Waals surface area (Å²) in [6.45, 7) is 7.06. The van der Waals surface area contributed by atoms with Crippen molar-refractivity contribution in [1.29, 1.82) is 0 Å². The van der Waals surface area contributed by atoms with Crippen molar-refractivity contribution in [1.82, 2.24) is 24.6 Å². The summed E-state index contributed by atoms with van der Waals surface area (Å²) in [4.78, 5) is 36.3. The van der Waals surface area contributed by atoms with E-state index in [0.29, 0.717) is 0 Å². The molecular weight excluding hydrogens is 658 g/mol. The fourth-order valence-corrected chi connectivity index (χ4v) is 6.81. The lowest BCUT2D eigenvalue weighted by Crippen LogP contribution is -2.40. The minimum Gasteiger partial charge on any atom is -0.476 e. The number of benzene rings is 1. The molecule has 1 aliphatic heterocycles. The second kappa shape index (κ2) is 15.4. The summed E-state index contributed by atoms with van der Waals surface area (Å²) >= 11 is 0.927. The van der Waals surface area contributed by atoms with Gasteiger partial charge in [-0.15, -0.1) is 0 Å². The maximum Gasteiger partial charge on any atom is 0.405 e. The molecule has 258 valence electrons. The molecule has 4 N–H and O–H groups in total. The van der Waals surface area contributed by atoms with Gasteiger partial charge in [0.25, 0.3) is 0 Å². The van der Waals surface area contributed by atoms with Gasteiger partial charge in [0.05, 0.1) is 31.6 Å². The molecule has 0 bridgehead atoms. The lowest BCUT2D eigenvalue weighted by Gasteiger charge is -2.25. The molecule has 0 aliphatic carbocycles. The van der Waals surface area contributed by atoms with Gasteiger partial charge in [-0.3, -0.25) is 23.2 Å². The fourth-order valence-electron chi connectivity index (χ4n) is 4.58. The van der Waals surface area contributed by atoms with Gasteiger partial charge in [0.15, 0.2) is 28.2 Å². The Morgan fingerprint density at radius 2 is 1.98 bits per heavy atom. The second-order valence-electron chi connectivity index (χ2n) is 11.5. The molecule has 2 aromatic heterocycles. The Balaban J connectivity index is 1.45. The number of imidazole rings is 1. The topological polar surface area (TPSA) is 199 Å². The van der Waals surface area contributed by atoms with E-state index in [1.54, 1.807) is 20.8 Å². The van der Waals surface area contributed by atoms with Crippen LogP contribution >= 0.6 is 19.5 Å². The minimum absolute atomic E-state index is 0.0870. The molecule has 3 heterocycles. The maximum atomic E-state index is 16.1. The predicted octanol–water partition coefficient (Wildman–Crippen LogP) is 3.57. The number of rotatable bonds is 16. The molecule has 47 heavy (non-hydrogen) atoms. The number of fused-ring (bicyclic) bond motifs is 1. The van der Waals surface area contributed by atoms with Crippen LogP contribution in [0.2, 0.25) is 0 Å². The largest absolute Gasteiger partial charge is 0.476 e. The fraction of sp³-hybridized carbons (Fsp3) is 0.552. The summed E-state index contributed by atoms with van der Waals surface area (Å²) in [5, 5.41) is 13.5. The number of esters is 1. The molecule has 0 radical (unpaired) electrons. The Labute approximate surface area is 275 Å². The van der Waals surface area contributed by atoms with Crippen LogP contribution in [0, 0.1) is 5.41 Å². The summed E-state index contributed by atoms with van der Waals surface area (Å²) in [5.41, 5.74) is 3.67. The van der Waals surface area contributed by atoms with Crippen molar-refractivity contribution < 1.29 is 46.9 Å². The van der Waals surface area contributed by atoms with Gasteiger partial charge in [0.1, 0.15) is 18.8 Å². The number of nitrogen functional groups attached to an aromatic ring is 1. The van der Waals surface area contributed by atoms with Gasteiger partial charge in [0, 0.05) is 19.2 Å². The van der Waals surface area contributed by atoms with Crippen LogP contribution in [-0.4, -0.2) is 85.8 Å². The third-order valence-corrected chi connectivity index (χ3v) is 9.89. The van der Waals surface area contributed by atoms with Crippen LogP contribution in [0.15, 0.2) is 36.7 Å². The first-order chi connectivity index (χ1) is 22.2. The van der Waals surface area contributed by atoms with E-state index in [0.717, 1.165) is 24.2 Å². The zero-order valence-corrected chi connectivity index (χ0v) is 28.5. The van der Waals surface area contributed by atoms with Crippen molar-refractivity contribution in [3.8, 4) is 5.88 Å². The van der Waals surface area contributed by atoms with Gasteiger partial charge in [-0.2, -0.15) is 9.97 Å². The van der Waals surface area contributed by atoms with Gasteiger partial charge in [-0.1, -0.05) is 42.1 Å². The number of aromatic nitrogens is 4. The standard InChI is InChI=1S/C29H40FN6O9PS/c1-6-41-24-21-23(34-27(31)35-24)36(17-32-21)25-29(5,30)22(38)20(45-25)15-44-46(40,33-14-19-10-8-7-9-11-19)43-12-13-47-26(39)28(3,4)16-42-18(2)37/h7-11,17,20,22,25,38H,6,12-16H2,1-5H3,(H,33,40)(H2,31,34,35). The van der Waals surface area contributed by atoms with Crippen LogP contribution < -0.4 is 15.6 Å². The van der Waals surface area contributed by atoms with E-state index < -0.39 is 49.8 Å². The number of alkyl halides is 1. The zero-order valence-electron chi connectivity index (χ0n) is 26.8. The molecule has 1 aliphatic rings. The number of thioether (sulfide) groups is 1. The van der Waals surface area contributed by atoms with Crippen LogP contribution in [0.3, 0.4) is 0 Å². The molecule has 3 aromatic rings. The van der Waals surface area contributed by atoms with E-state index in [9.17, 15) is 19.3 Å². The number of carbonyl (C=O) groups is 2. The first-order valence-corrected chi connectivity index (χ1v) is 17.3. The zero-order chi connectivity index (χ0) is 34.4. The molecule has 4 rings (SSSR count). The Morgan fingerprint density at radius 1 is 1.26 bits per heavy atom. The van der Waals surface area contributed by atoms with Crippen LogP contribution in [-0.2, 0) is 39.2 Å². The summed E-state index contributed by atoms with van der Waals surface area (Å²) < 4.78 is 58.9. The summed E-state index contributed by atoms with van der Waals surface area (Å²) in [6.07, 6.45) is -3.14. The third-order valence-electron chi connectivity index (χ3n) is 7.15. The highest BCUT2D eigenvalue weighted by Crippen LogP contribution is 2.48. The van der Waals surface area contributed by atoms with E-state index in [-0.39, 0.29) is 60.2 Å². The molecule has 0 spiro atoms. The van der Waals surface area contributed by atoms with E-state index >= 15 is 4.39 Å².